The van der Waals surface area contributed by atoms with Gasteiger partial charge in [-0.3, -0.25) is 9.59 Å². The number of ketones is 1. The first-order valence-electron chi connectivity index (χ1n) is 13.6. The van der Waals surface area contributed by atoms with E-state index in [1.54, 1.807) is 6.07 Å². The number of benzene rings is 1. The predicted octanol–water partition coefficient (Wildman–Crippen LogP) is 8.17. The van der Waals surface area contributed by atoms with Crippen molar-refractivity contribution in [3.63, 3.8) is 0 Å². The molecule has 194 valence electrons. The molecule has 0 aliphatic heterocycles. The van der Waals surface area contributed by atoms with Crippen molar-refractivity contribution in [1.29, 1.82) is 0 Å². The second-order valence-electron chi connectivity index (χ2n) is 11.3. The van der Waals surface area contributed by atoms with Crippen molar-refractivity contribution in [2.75, 3.05) is 5.88 Å². The lowest BCUT2D eigenvalue weighted by atomic mass is 9.51. The third-order valence-electron chi connectivity index (χ3n) is 9.29. The number of Topliss-reactive ketones (excluding diaryl/α,β-unsaturated/α-hetero) is 1. The largest absolute Gasteiger partial charge is 0.507 e. The minimum Gasteiger partial charge on any atom is -0.507 e. The van der Waals surface area contributed by atoms with Crippen molar-refractivity contribution in [2.45, 2.75) is 103 Å². The first-order chi connectivity index (χ1) is 16.8. The highest BCUT2D eigenvalue weighted by Gasteiger charge is 2.59. The third kappa shape index (κ3) is 5.46. The Kier molecular flexibility index (Phi) is 8.90. The summed E-state index contributed by atoms with van der Waals surface area (Å²) in [5, 5.41) is 10.4. The highest BCUT2D eigenvalue weighted by Crippen LogP contribution is 2.63. The zero-order valence-electron chi connectivity index (χ0n) is 21.2. The lowest BCUT2D eigenvalue weighted by molar-refractivity contribution is -0.155. The SMILES string of the molecule is CC(=O)O[C@H]1CC[C@H]2[C@@H]3[C@H](CCCCCCCCCCl)C(=O)c4cc(O)c(Br)cc4[C@H]3CC[C@]12C. The summed E-state index contributed by atoms with van der Waals surface area (Å²) in [6.45, 7) is 3.80. The van der Waals surface area contributed by atoms with E-state index in [1.165, 1.54) is 32.6 Å². The van der Waals surface area contributed by atoms with Gasteiger partial charge in [-0.1, -0.05) is 45.4 Å². The fraction of sp³-hybridized carbons (Fsp3) is 0.724. The molecule has 2 saturated carbocycles. The molecule has 0 aromatic heterocycles. The fourth-order valence-electron chi connectivity index (χ4n) is 7.60. The molecule has 1 aromatic rings. The predicted molar refractivity (Wildman–Crippen MR) is 143 cm³/mol. The molecule has 0 bridgehead atoms. The van der Waals surface area contributed by atoms with Crippen molar-refractivity contribution in [3.05, 3.63) is 27.7 Å². The lowest BCUT2D eigenvalue weighted by Crippen LogP contribution is -2.49. The first kappa shape index (κ1) is 27.0. The minimum absolute atomic E-state index is 0.0231. The fourth-order valence-corrected chi connectivity index (χ4v) is 8.15. The standard InChI is InChI=1S/C29H40BrClO4/c1-18(32)35-26-12-11-23-27-19(13-14-29(23,26)2)21-16-24(30)25(33)17-22(21)28(34)20(27)10-8-6-4-3-5-7-9-15-31/h16-17,19-20,23,26-27,33H,3-15H2,1-2H3/t19-,20+,23+,26+,27+,29+/m1/s1. The molecule has 0 unspecified atom stereocenters. The summed E-state index contributed by atoms with van der Waals surface area (Å²) in [4.78, 5) is 25.7. The van der Waals surface area contributed by atoms with E-state index in [0.29, 0.717) is 16.3 Å². The summed E-state index contributed by atoms with van der Waals surface area (Å²) in [6, 6.07) is 3.67. The second-order valence-corrected chi connectivity index (χ2v) is 12.6. The van der Waals surface area contributed by atoms with Crippen LogP contribution in [0.1, 0.15) is 113 Å². The third-order valence-corrected chi connectivity index (χ3v) is 10.2. The van der Waals surface area contributed by atoms with Crippen molar-refractivity contribution in [2.24, 2.45) is 23.2 Å². The van der Waals surface area contributed by atoms with Crippen LogP contribution in [0, 0.1) is 23.2 Å². The number of phenolic OH excluding ortho intramolecular Hbond substituents is 1. The number of carbonyl (C=O) groups excluding carboxylic acids is 2. The number of fused-ring (bicyclic) bond motifs is 5. The van der Waals surface area contributed by atoms with Crippen LogP contribution < -0.4 is 0 Å². The highest BCUT2D eigenvalue weighted by atomic mass is 79.9. The molecule has 1 N–H and O–H groups in total. The molecule has 0 spiro atoms. The van der Waals surface area contributed by atoms with Gasteiger partial charge in [0.15, 0.2) is 5.78 Å². The Morgan fingerprint density at radius 2 is 1.80 bits per heavy atom. The molecule has 0 saturated heterocycles. The van der Waals surface area contributed by atoms with Gasteiger partial charge in [0.1, 0.15) is 11.9 Å². The van der Waals surface area contributed by atoms with Gasteiger partial charge in [-0.15, -0.1) is 11.6 Å². The van der Waals surface area contributed by atoms with Gasteiger partial charge in [0.2, 0.25) is 0 Å². The monoisotopic (exact) mass is 566 g/mol. The average molecular weight is 568 g/mol. The first-order valence-corrected chi connectivity index (χ1v) is 14.9. The van der Waals surface area contributed by atoms with Gasteiger partial charge in [-0.05, 0) is 89.9 Å². The molecular weight excluding hydrogens is 528 g/mol. The Labute approximate surface area is 223 Å². The van der Waals surface area contributed by atoms with Gasteiger partial charge in [0.25, 0.3) is 0 Å². The molecule has 35 heavy (non-hydrogen) atoms. The lowest BCUT2D eigenvalue weighted by Gasteiger charge is -2.52. The molecule has 1 aromatic carbocycles. The summed E-state index contributed by atoms with van der Waals surface area (Å²) in [7, 11) is 0. The van der Waals surface area contributed by atoms with Gasteiger partial charge in [-0.2, -0.15) is 0 Å². The maximum Gasteiger partial charge on any atom is 0.302 e. The molecule has 6 atom stereocenters. The molecule has 3 aliphatic carbocycles. The Morgan fingerprint density at radius 1 is 1.11 bits per heavy atom. The zero-order valence-corrected chi connectivity index (χ0v) is 23.5. The summed E-state index contributed by atoms with van der Waals surface area (Å²) in [5.74, 6) is 1.82. The van der Waals surface area contributed by atoms with Crippen molar-refractivity contribution < 1.29 is 19.4 Å². The van der Waals surface area contributed by atoms with Crippen LogP contribution in [0.15, 0.2) is 16.6 Å². The maximum atomic E-state index is 13.9. The van der Waals surface area contributed by atoms with Crippen molar-refractivity contribution in [1.82, 2.24) is 0 Å². The molecule has 2 fully saturated rings. The van der Waals surface area contributed by atoms with Crippen LogP contribution in [0.25, 0.3) is 0 Å². The quantitative estimate of drug-likeness (QED) is 0.176. The Bertz CT molecular complexity index is 934. The molecule has 6 heteroatoms. The number of halogens is 2. The Hall–Kier alpha value is -1.07. The molecule has 0 amide bonds. The van der Waals surface area contributed by atoms with Crippen molar-refractivity contribution in [3.8, 4) is 5.75 Å². The van der Waals surface area contributed by atoms with Crippen molar-refractivity contribution >= 4 is 39.3 Å². The van der Waals surface area contributed by atoms with E-state index in [9.17, 15) is 14.7 Å². The van der Waals surface area contributed by atoms with E-state index in [4.69, 9.17) is 16.3 Å². The zero-order chi connectivity index (χ0) is 25.2. The van der Waals surface area contributed by atoms with E-state index < -0.39 is 0 Å². The second kappa shape index (κ2) is 11.5. The maximum absolute atomic E-state index is 13.9. The van der Waals surface area contributed by atoms with Crippen LogP contribution >= 0.6 is 27.5 Å². The van der Waals surface area contributed by atoms with Crippen LogP contribution in [0.5, 0.6) is 5.75 Å². The summed E-state index contributed by atoms with van der Waals surface area (Å²) < 4.78 is 6.47. The Balaban J connectivity index is 1.55. The number of unbranched alkanes of at least 4 members (excludes halogenated alkanes) is 6. The summed E-state index contributed by atoms with van der Waals surface area (Å²) in [5.41, 5.74) is 1.74. The number of hydrogen-bond acceptors (Lipinski definition) is 4. The molecular formula is C29H40BrClO4. The molecule has 0 radical (unpaired) electrons. The van der Waals surface area contributed by atoms with Gasteiger partial charge in [0, 0.05) is 29.7 Å². The number of alkyl halides is 1. The van der Waals surface area contributed by atoms with E-state index in [1.807, 2.05) is 6.07 Å². The summed E-state index contributed by atoms with van der Waals surface area (Å²) in [6.07, 6.45) is 12.9. The highest BCUT2D eigenvalue weighted by molar-refractivity contribution is 9.10. The number of esters is 1. The number of aromatic hydroxyl groups is 1. The van der Waals surface area contributed by atoms with Crippen LogP contribution in [0.4, 0.5) is 0 Å². The van der Waals surface area contributed by atoms with Crippen LogP contribution in [0.3, 0.4) is 0 Å². The molecule has 0 heterocycles. The smallest absolute Gasteiger partial charge is 0.302 e. The summed E-state index contributed by atoms with van der Waals surface area (Å²) >= 11 is 9.27. The average Bonchev–Trinajstić information content (AvgIpc) is 3.14. The number of hydrogen-bond donors (Lipinski definition) is 1. The van der Waals surface area contributed by atoms with Crippen LogP contribution in [0.2, 0.25) is 0 Å². The number of phenols is 1. The number of ether oxygens (including phenoxy) is 1. The molecule has 4 rings (SSSR count). The topological polar surface area (TPSA) is 63.6 Å². The van der Waals surface area contributed by atoms with E-state index >= 15 is 0 Å². The van der Waals surface area contributed by atoms with E-state index in [2.05, 4.69) is 22.9 Å². The van der Waals surface area contributed by atoms with Crippen LogP contribution in [-0.2, 0) is 9.53 Å². The number of carbonyl (C=O) groups is 2. The minimum atomic E-state index is -0.203. The van der Waals surface area contributed by atoms with Gasteiger partial charge in [-0.25, -0.2) is 0 Å². The van der Waals surface area contributed by atoms with Crippen LogP contribution in [-0.4, -0.2) is 28.8 Å². The molecule has 3 aliphatic rings. The van der Waals surface area contributed by atoms with Gasteiger partial charge < -0.3 is 9.84 Å². The number of rotatable bonds is 10. The van der Waals surface area contributed by atoms with E-state index in [-0.39, 0.29) is 40.9 Å². The van der Waals surface area contributed by atoms with Gasteiger partial charge >= 0.3 is 5.97 Å². The molecule has 4 nitrogen and oxygen atoms in total. The van der Waals surface area contributed by atoms with Gasteiger partial charge in [0.05, 0.1) is 4.47 Å². The normalized spacial score (nSPS) is 31.5. The van der Waals surface area contributed by atoms with E-state index in [0.717, 1.165) is 68.4 Å². The Morgan fingerprint density at radius 3 is 2.49 bits per heavy atom.